The second kappa shape index (κ2) is 5.25. The molecule has 98 valence electrons. The highest BCUT2D eigenvalue weighted by atomic mass is 15.1. The zero-order valence-electron chi connectivity index (χ0n) is 11.7. The fourth-order valence-corrected chi connectivity index (χ4v) is 2.36. The Hall–Kier alpha value is -2.48. The van der Waals surface area contributed by atoms with Crippen molar-refractivity contribution < 1.29 is 0 Å². The molecular formula is C18H16N2. The summed E-state index contributed by atoms with van der Waals surface area (Å²) < 4.78 is 0. The molecule has 0 fully saturated rings. The maximum absolute atomic E-state index is 4.44. The Morgan fingerprint density at radius 3 is 1.80 bits per heavy atom. The van der Waals surface area contributed by atoms with Crippen LogP contribution in [0.15, 0.2) is 60.7 Å². The van der Waals surface area contributed by atoms with Gasteiger partial charge >= 0.3 is 0 Å². The van der Waals surface area contributed by atoms with Gasteiger partial charge in [0.05, 0.1) is 5.69 Å². The third-order valence-electron chi connectivity index (χ3n) is 3.56. The van der Waals surface area contributed by atoms with E-state index in [9.17, 15) is 0 Å². The molecule has 0 saturated carbocycles. The molecule has 0 spiro atoms. The van der Waals surface area contributed by atoms with Gasteiger partial charge in [-0.3, -0.25) is 0 Å². The average Bonchev–Trinajstić information content (AvgIpc) is 2.51. The van der Waals surface area contributed by atoms with Crippen LogP contribution in [0.2, 0.25) is 0 Å². The molecule has 2 heteroatoms. The van der Waals surface area contributed by atoms with Gasteiger partial charge in [0.15, 0.2) is 0 Å². The second-order valence-corrected chi connectivity index (χ2v) is 4.87. The Morgan fingerprint density at radius 1 is 0.650 bits per heavy atom. The van der Waals surface area contributed by atoms with Gasteiger partial charge in [-0.2, -0.15) is 5.10 Å². The maximum Gasteiger partial charge on any atom is 0.101 e. The van der Waals surface area contributed by atoms with Gasteiger partial charge < -0.3 is 0 Å². The number of nitrogens with zero attached hydrogens (tertiary/aromatic N) is 2. The lowest BCUT2D eigenvalue weighted by Gasteiger charge is -2.13. The Kier molecular flexibility index (Phi) is 3.30. The fraction of sp³-hybridized carbons (Fsp3) is 0.111. The highest BCUT2D eigenvalue weighted by Crippen LogP contribution is 2.33. The van der Waals surface area contributed by atoms with Crippen molar-refractivity contribution in [3.8, 4) is 22.4 Å². The minimum absolute atomic E-state index is 0.944. The van der Waals surface area contributed by atoms with Crippen LogP contribution in [0.3, 0.4) is 0 Å². The molecule has 2 nitrogen and oxygen atoms in total. The standard InChI is InChI=1S/C18H16N2/c1-13-14(2)19-20-18(16-11-7-4-8-12-16)17(13)15-9-5-3-6-10-15/h3-12H,1-2H3. The summed E-state index contributed by atoms with van der Waals surface area (Å²) in [5.74, 6) is 0. The third kappa shape index (κ3) is 2.21. The molecule has 0 saturated heterocycles. The van der Waals surface area contributed by atoms with Gasteiger partial charge in [0, 0.05) is 11.1 Å². The quantitative estimate of drug-likeness (QED) is 0.681. The largest absolute Gasteiger partial charge is 0.155 e. The Morgan fingerprint density at radius 2 is 1.20 bits per heavy atom. The minimum atomic E-state index is 0.944. The first-order valence-electron chi connectivity index (χ1n) is 6.72. The van der Waals surface area contributed by atoms with Crippen molar-refractivity contribution in [1.29, 1.82) is 0 Å². The lowest BCUT2D eigenvalue weighted by Crippen LogP contribution is -1.99. The van der Waals surface area contributed by atoms with E-state index < -0.39 is 0 Å². The topological polar surface area (TPSA) is 25.8 Å². The van der Waals surface area contributed by atoms with Crippen LogP contribution in [0.1, 0.15) is 11.3 Å². The van der Waals surface area contributed by atoms with Crippen molar-refractivity contribution >= 4 is 0 Å². The lowest BCUT2D eigenvalue weighted by atomic mass is 9.95. The highest BCUT2D eigenvalue weighted by Gasteiger charge is 2.14. The van der Waals surface area contributed by atoms with E-state index in [0.717, 1.165) is 17.0 Å². The molecule has 0 aliphatic rings. The Bertz CT molecular complexity index is 719. The van der Waals surface area contributed by atoms with Crippen LogP contribution in [0, 0.1) is 13.8 Å². The van der Waals surface area contributed by atoms with E-state index in [2.05, 4.69) is 53.5 Å². The Balaban J connectivity index is 2.29. The van der Waals surface area contributed by atoms with Gasteiger partial charge in [0.1, 0.15) is 5.69 Å². The van der Waals surface area contributed by atoms with Crippen molar-refractivity contribution in [2.24, 2.45) is 0 Å². The first kappa shape index (κ1) is 12.5. The van der Waals surface area contributed by atoms with Gasteiger partial charge in [-0.15, -0.1) is 5.10 Å². The van der Waals surface area contributed by atoms with Gasteiger partial charge in [0.2, 0.25) is 0 Å². The van der Waals surface area contributed by atoms with Gasteiger partial charge in [-0.1, -0.05) is 60.7 Å². The van der Waals surface area contributed by atoms with E-state index in [-0.39, 0.29) is 0 Å². The smallest absolute Gasteiger partial charge is 0.101 e. The second-order valence-electron chi connectivity index (χ2n) is 4.87. The van der Waals surface area contributed by atoms with E-state index >= 15 is 0 Å². The van der Waals surface area contributed by atoms with Crippen molar-refractivity contribution in [3.05, 3.63) is 71.9 Å². The minimum Gasteiger partial charge on any atom is -0.155 e. The molecule has 20 heavy (non-hydrogen) atoms. The van der Waals surface area contributed by atoms with Crippen LogP contribution in [-0.4, -0.2) is 10.2 Å². The van der Waals surface area contributed by atoms with Crippen molar-refractivity contribution in [2.75, 3.05) is 0 Å². The van der Waals surface area contributed by atoms with E-state index in [1.807, 2.05) is 31.2 Å². The van der Waals surface area contributed by atoms with Gasteiger partial charge in [0.25, 0.3) is 0 Å². The number of hydrogen-bond donors (Lipinski definition) is 0. The van der Waals surface area contributed by atoms with E-state index in [4.69, 9.17) is 0 Å². The van der Waals surface area contributed by atoms with Crippen molar-refractivity contribution in [2.45, 2.75) is 13.8 Å². The van der Waals surface area contributed by atoms with Crippen molar-refractivity contribution in [1.82, 2.24) is 10.2 Å². The summed E-state index contributed by atoms with van der Waals surface area (Å²) in [5, 5.41) is 8.73. The number of aromatic nitrogens is 2. The molecule has 3 rings (SSSR count). The number of benzene rings is 2. The molecule has 3 aromatic rings. The van der Waals surface area contributed by atoms with Crippen LogP contribution < -0.4 is 0 Å². The third-order valence-corrected chi connectivity index (χ3v) is 3.56. The first-order valence-corrected chi connectivity index (χ1v) is 6.72. The molecule has 0 N–H and O–H groups in total. The fourth-order valence-electron chi connectivity index (χ4n) is 2.36. The predicted octanol–water partition coefficient (Wildman–Crippen LogP) is 4.43. The molecule has 1 aromatic heterocycles. The first-order chi connectivity index (χ1) is 9.77. The monoisotopic (exact) mass is 260 g/mol. The van der Waals surface area contributed by atoms with Crippen LogP contribution in [-0.2, 0) is 0 Å². The zero-order chi connectivity index (χ0) is 13.9. The van der Waals surface area contributed by atoms with E-state index in [0.29, 0.717) is 0 Å². The van der Waals surface area contributed by atoms with Crippen LogP contribution >= 0.6 is 0 Å². The number of aryl methyl sites for hydroxylation is 1. The summed E-state index contributed by atoms with van der Waals surface area (Å²) in [7, 11) is 0. The zero-order valence-corrected chi connectivity index (χ0v) is 11.7. The summed E-state index contributed by atoms with van der Waals surface area (Å²) in [6, 6.07) is 20.6. The summed E-state index contributed by atoms with van der Waals surface area (Å²) >= 11 is 0. The maximum atomic E-state index is 4.44. The Labute approximate surface area is 119 Å². The highest BCUT2D eigenvalue weighted by molar-refractivity contribution is 5.82. The molecular weight excluding hydrogens is 244 g/mol. The van der Waals surface area contributed by atoms with E-state index in [1.54, 1.807) is 0 Å². The molecule has 2 aromatic carbocycles. The van der Waals surface area contributed by atoms with Crippen LogP contribution in [0.5, 0.6) is 0 Å². The number of hydrogen-bond acceptors (Lipinski definition) is 2. The lowest BCUT2D eigenvalue weighted by molar-refractivity contribution is 0.970. The summed E-state index contributed by atoms with van der Waals surface area (Å²) in [6.07, 6.45) is 0. The summed E-state index contributed by atoms with van der Waals surface area (Å²) in [6.45, 7) is 4.11. The molecule has 1 heterocycles. The molecule has 0 radical (unpaired) electrons. The van der Waals surface area contributed by atoms with Gasteiger partial charge in [-0.25, -0.2) is 0 Å². The summed E-state index contributed by atoms with van der Waals surface area (Å²) in [4.78, 5) is 0. The predicted molar refractivity (Wildman–Crippen MR) is 82.4 cm³/mol. The van der Waals surface area contributed by atoms with Crippen LogP contribution in [0.25, 0.3) is 22.4 Å². The molecule has 0 unspecified atom stereocenters. The van der Waals surface area contributed by atoms with E-state index in [1.165, 1.54) is 16.7 Å². The van der Waals surface area contributed by atoms with Gasteiger partial charge in [-0.05, 0) is 25.0 Å². The molecule has 0 aliphatic heterocycles. The number of rotatable bonds is 2. The SMILES string of the molecule is Cc1nnc(-c2ccccc2)c(-c2ccccc2)c1C. The normalized spacial score (nSPS) is 10.5. The molecule has 0 atom stereocenters. The van der Waals surface area contributed by atoms with Crippen molar-refractivity contribution in [3.63, 3.8) is 0 Å². The average molecular weight is 260 g/mol. The molecule has 0 amide bonds. The molecule has 0 aliphatic carbocycles. The molecule has 0 bridgehead atoms. The summed E-state index contributed by atoms with van der Waals surface area (Å²) in [5.41, 5.74) is 6.56. The van der Waals surface area contributed by atoms with Crippen LogP contribution in [0.4, 0.5) is 0 Å².